The molecule has 19 heavy (non-hydrogen) atoms. The van der Waals surface area contributed by atoms with E-state index in [2.05, 4.69) is 12.2 Å². The number of halogens is 1. The smallest absolute Gasteiger partial charge is 0.123 e. The third-order valence-electron chi connectivity index (χ3n) is 2.96. The number of hydrogen-bond acceptors (Lipinski definition) is 3. The molecule has 0 saturated carbocycles. The van der Waals surface area contributed by atoms with Gasteiger partial charge in [0.25, 0.3) is 0 Å². The molecular weight excluding hydrogens is 245 g/mol. The first-order valence-corrected chi connectivity index (χ1v) is 6.87. The molecule has 1 unspecified atom stereocenters. The largest absolute Gasteiger partial charge is 0.496 e. The highest BCUT2D eigenvalue weighted by Gasteiger charge is 2.16. The molecule has 4 heteroatoms. The first-order chi connectivity index (χ1) is 9.22. The molecule has 0 aliphatic carbocycles. The number of benzene rings is 1. The summed E-state index contributed by atoms with van der Waals surface area (Å²) in [5.74, 6) is 0.474. The molecule has 1 rings (SSSR count). The number of hydrogen-bond donors (Lipinski definition) is 1. The Morgan fingerprint density at radius 1 is 1.32 bits per heavy atom. The normalized spacial score (nSPS) is 12.4. The van der Waals surface area contributed by atoms with Crippen molar-refractivity contribution in [2.24, 2.45) is 0 Å². The SMILES string of the molecule is CCCNC(CCOCC)c1cc(F)ccc1OC. The van der Waals surface area contributed by atoms with E-state index in [1.54, 1.807) is 13.2 Å². The zero-order chi connectivity index (χ0) is 14.1. The summed E-state index contributed by atoms with van der Waals surface area (Å²) < 4.78 is 24.2. The van der Waals surface area contributed by atoms with Gasteiger partial charge in [0.05, 0.1) is 7.11 Å². The predicted molar refractivity (Wildman–Crippen MR) is 75.1 cm³/mol. The Hall–Kier alpha value is -1.13. The van der Waals surface area contributed by atoms with Crippen molar-refractivity contribution < 1.29 is 13.9 Å². The second-order valence-electron chi connectivity index (χ2n) is 4.38. The highest BCUT2D eigenvalue weighted by atomic mass is 19.1. The molecule has 0 spiro atoms. The van der Waals surface area contributed by atoms with Crippen LogP contribution in [0.15, 0.2) is 18.2 Å². The van der Waals surface area contributed by atoms with Gasteiger partial charge in [0.1, 0.15) is 11.6 Å². The van der Waals surface area contributed by atoms with Crippen LogP contribution < -0.4 is 10.1 Å². The van der Waals surface area contributed by atoms with E-state index < -0.39 is 0 Å². The molecule has 0 fully saturated rings. The van der Waals surface area contributed by atoms with Crippen LogP contribution in [0.25, 0.3) is 0 Å². The zero-order valence-electron chi connectivity index (χ0n) is 12.0. The molecule has 0 aromatic heterocycles. The molecule has 3 nitrogen and oxygen atoms in total. The van der Waals surface area contributed by atoms with Crippen LogP contribution in [0.5, 0.6) is 5.75 Å². The van der Waals surface area contributed by atoms with Crippen molar-refractivity contribution in [3.63, 3.8) is 0 Å². The topological polar surface area (TPSA) is 30.5 Å². The number of ether oxygens (including phenoxy) is 2. The van der Waals surface area contributed by atoms with Crippen molar-refractivity contribution in [3.05, 3.63) is 29.6 Å². The van der Waals surface area contributed by atoms with Crippen molar-refractivity contribution in [3.8, 4) is 5.75 Å². The third-order valence-corrected chi connectivity index (χ3v) is 2.96. The molecule has 0 bridgehead atoms. The Morgan fingerprint density at radius 3 is 2.74 bits per heavy atom. The van der Waals surface area contributed by atoms with Crippen molar-refractivity contribution in [1.29, 1.82) is 0 Å². The van der Waals surface area contributed by atoms with Crippen LogP contribution in [0.3, 0.4) is 0 Å². The van der Waals surface area contributed by atoms with E-state index in [0.29, 0.717) is 19.0 Å². The molecular formula is C15H24FNO2. The van der Waals surface area contributed by atoms with E-state index in [1.165, 1.54) is 12.1 Å². The van der Waals surface area contributed by atoms with Crippen LogP contribution >= 0.6 is 0 Å². The van der Waals surface area contributed by atoms with Crippen LogP contribution in [0.4, 0.5) is 4.39 Å². The summed E-state index contributed by atoms with van der Waals surface area (Å²) in [6.45, 7) is 6.31. The van der Waals surface area contributed by atoms with Gasteiger partial charge in [-0.25, -0.2) is 4.39 Å². The lowest BCUT2D eigenvalue weighted by atomic mass is 10.0. The van der Waals surface area contributed by atoms with Crippen molar-refractivity contribution in [1.82, 2.24) is 5.32 Å². The number of methoxy groups -OCH3 is 1. The van der Waals surface area contributed by atoms with Crippen LogP contribution in [0, 0.1) is 5.82 Å². The average Bonchev–Trinajstić information content (AvgIpc) is 2.42. The molecule has 0 saturated heterocycles. The maximum absolute atomic E-state index is 13.4. The molecule has 0 aliphatic heterocycles. The lowest BCUT2D eigenvalue weighted by Crippen LogP contribution is -2.24. The van der Waals surface area contributed by atoms with Gasteiger partial charge < -0.3 is 14.8 Å². The Kier molecular flexibility index (Phi) is 7.45. The Morgan fingerprint density at radius 2 is 2.11 bits per heavy atom. The molecule has 0 amide bonds. The van der Waals surface area contributed by atoms with Gasteiger partial charge in [0.15, 0.2) is 0 Å². The molecule has 0 aliphatic rings. The molecule has 1 atom stereocenters. The summed E-state index contributed by atoms with van der Waals surface area (Å²) in [4.78, 5) is 0. The summed E-state index contributed by atoms with van der Waals surface area (Å²) >= 11 is 0. The summed E-state index contributed by atoms with van der Waals surface area (Å²) in [5.41, 5.74) is 0.857. The van der Waals surface area contributed by atoms with Crippen molar-refractivity contribution in [2.75, 3.05) is 26.9 Å². The molecule has 1 N–H and O–H groups in total. The van der Waals surface area contributed by atoms with Gasteiger partial charge in [-0.2, -0.15) is 0 Å². The maximum atomic E-state index is 13.4. The van der Waals surface area contributed by atoms with E-state index >= 15 is 0 Å². The van der Waals surface area contributed by atoms with Gasteiger partial charge >= 0.3 is 0 Å². The van der Waals surface area contributed by atoms with Gasteiger partial charge in [-0.3, -0.25) is 0 Å². The first-order valence-electron chi connectivity index (χ1n) is 6.87. The summed E-state index contributed by atoms with van der Waals surface area (Å²) in [7, 11) is 1.61. The Balaban J connectivity index is 2.84. The quantitative estimate of drug-likeness (QED) is 0.698. The lowest BCUT2D eigenvalue weighted by molar-refractivity contribution is 0.136. The highest BCUT2D eigenvalue weighted by molar-refractivity contribution is 5.36. The monoisotopic (exact) mass is 269 g/mol. The molecule has 108 valence electrons. The summed E-state index contributed by atoms with van der Waals surface area (Å²) in [6.07, 6.45) is 1.83. The minimum absolute atomic E-state index is 0.0529. The van der Waals surface area contributed by atoms with E-state index in [4.69, 9.17) is 9.47 Å². The minimum atomic E-state index is -0.240. The van der Waals surface area contributed by atoms with Crippen LogP contribution in [0.1, 0.15) is 38.3 Å². The third kappa shape index (κ3) is 5.17. The maximum Gasteiger partial charge on any atom is 0.123 e. The second kappa shape index (κ2) is 8.88. The highest BCUT2D eigenvalue weighted by Crippen LogP contribution is 2.28. The Bertz CT molecular complexity index is 371. The van der Waals surface area contributed by atoms with Gasteiger partial charge in [-0.15, -0.1) is 0 Å². The van der Waals surface area contributed by atoms with E-state index in [-0.39, 0.29) is 11.9 Å². The van der Waals surface area contributed by atoms with Gasteiger partial charge in [0, 0.05) is 24.8 Å². The van der Waals surface area contributed by atoms with E-state index in [1.807, 2.05) is 6.92 Å². The number of rotatable bonds is 9. The Labute approximate surface area is 115 Å². The minimum Gasteiger partial charge on any atom is -0.496 e. The predicted octanol–water partition coefficient (Wildman–Crippen LogP) is 3.30. The van der Waals surface area contributed by atoms with Crippen molar-refractivity contribution >= 4 is 0 Å². The number of nitrogens with one attached hydrogen (secondary N) is 1. The molecule has 1 aromatic carbocycles. The van der Waals surface area contributed by atoms with Crippen LogP contribution in [-0.4, -0.2) is 26.9 Å². The van der Waals surface area contributed by atoms with Gasteiger partial charge in [-0.05, 0) is 44.5 Å². The van der Waals surface area contributed by atoms with Gasteiger partial charge in [-0.1, -0.05) is 6.92 Å². The second-order valence-corrected chi connectivity index (χ2v) is 4.38. The molecule has 1 aromatic rings. The zero-order valence-corrected chi connectivity index (χ0v) is 12.0. The molecule has 0 heterocycles. The lowest BCUT2D eigenvalue weighted by Gasteiger charge is -2.21. The fraction of sp³-hybridized carbons (Fsp3) is 0.600. The molecule has 0 radical (unpaired) electrons. The van der Waals surface area contributed by atoms with Crippen LogP contribution in [0.2, 0.25) is 0 Å². The fourth-order valence-electron chi connectivity index (χ4n) is 2.01. The fourth-order valence-corrected chi connectivity index (χ4v) is 2.01. The standard InChI is InChI=1S/C15H24FNO2/c1-4-9-17-14(8-10-19-5-2)13-11-12(16)6-7-15(13)18-3/h6-7,11,14,17H,4-5,8-10H2,1-3H3. The van der Waals surface area contributed by atoms with Crippen LogP contribution in [-0.2, 0) is 4.74 Å². The van der Waals surface area contributed by atoms with Crippen molar-refractivity contribution in [2.45, 2.75) is 32.7 Å². The summed E-state index contributed by atoms with van der Waals surface area (Å²) in [5, 5.41) is 3.42. The van der Waals surface area contributed by atoms with Gasteiger partial charge in [0.2, 0.25) is 0 Å². The van der Waals surface area contributed by atoms with E-state index in [0.717, 1.165) is 24.9 Å². The average molecular weight is 269 g/mol. The van der Waals surface area contributed by atoms with E-state index in [9.17, 15) is 4.39 Å². The first kappa shape index (κ1) is 15.9. The summed E-state index contributed by atoms with van der Waals surface area (Å²) in [6, 6.07) is 4.68.